The third-order valence-corrected chi connectivity index (χ3v) is 4.86. The van der Waals surface area contributed by atoms with Crippen LogP contribution in [0.1, 0.15) is 12.8 Å². The molecule has 1 amide bonds. The van der Waals surface area contributed by atoms with Crippen LogP contribution in [0, 0.1) is 5.41 Å². The molecule has 1 aromatic rings. The van der Waals surface area contributed by atoms with Gasteiger partial charge >= 0.3 is 0 Å². The van der Waals surface area contributed by atoms with Crippen molar-refractivity contribution in [2.45, 2.75) is 12.8 Å². The molecule has 3 rings (SSSR count). The van der Waals surface area contributed by atoms with E-state index in [1.54, 1.807) is 0 Å². The monoisotopic (exact) mass is 293 g/mol. The molecule has 0 unspecified atom stereocenters. The predicted molar refractivity (Wildman–Crippen MR) is 80.6 cm³/mol. The van der Waals surface area contributed by atoms with Gasteiger partial charge in [0.15, 0.2) is 6.61 Å². The number of para-hydroxylation sites is 2. The summed E-state index contributed by atoms with van der Waals surface area (Å²) in [5, 5.41) is 0. The molecule has 0 atom stereocenters. The van der Waals surface area contributed by atoms with Gasteiger partial charge < -0.3 is 14.4 Å². The van der Waals surface area contributed by atoms with E-state index in [0.29, 0.717) is 6.54 Å². The Bertz CT molecular complexity index is 500. The van der Waals surface area contributed by atoms with Crippen molar-refractivity contribution >= 4 is 24.2 Å². The van der Waals surface area contributed by atoms with Gasteiger partial charge in [0, 0.05) is 25.2 Å². The molecule has 0 aliphatic carbocycles. The summed E-state index contributed by atoms with van der Waals surface area (Å²) >= 11 is 4.52. The maximum Gasteiger partial charge on any atom is 0.265 e. The number of carbonyl (C=O) groups is 1. The van der Waals surface area contributed by atoms with Crippen LogP contribution >= 0.6 is 12.6 Å². The van der Waals surface area contributed by atoms with Gasteiger partial charge in [-0.2, -0.15) is 12.6 Å². The largest absolute Gasteiger partial charge is 0.482 e. The maximum absolute atomic E-state index is 12.2. The molecule has 108 valence electrons. The lowest BCUT2D eigenvalue weighted by molar-refractivity contribution is -0.121. The molecular formula is C15H19NO3S. The maximum atomic E-state index is 12.2. The second-order valence-electron chi connectivity index (χ2n) is 5.51. The summed E-state index contributed by atoms with van der Waals surface area (Å²) in [6.45, 7) is 2.32. The van der Waals surface area contributed by atoms with E-state index < -0.39 is 0 Å². The highest BCUT2D eigenvalue weighted by Crippen LogP contribution is 2.38. The highest BCUT2D eigenvalue weighted by atomic mass is 32.1. The Morgan fingerprint density at radius 1 is 1.25 bits per heavy atom. The van der Waals surface area contributed by atoms with Crippen LogP contribution in [0.3, 0.4) is 0 Å². The Balaban J connectivity index is 1.87. The zero-order chi connectivity index (χ0) is 14.0. The molecule has 2 aliphatic heterocycles. The Hall–Kier alpha value is -1.20. The van der Waals surface area contributed by atoms with Crippen molar-refractivity contribution in [1.29, 1.82) is 0 Å². The quantitative estimate of drug-likeness (QED) is 0.868. The third-order valence-electron chi connectivity index (χ3n) is 4.19. The molecular weight excluding hydrogens is 274 g/mol. The van der Waals surface area contributed by atoms with E-state index in [4.69, 9.17) is 9.47 Å². The summed E-state index contributed by atoms with van der Waals surface area (Å²) in [5.41, 5.74) is 0.915. The highest BCUT2D eigenvalue weighted by Gasteiger charge is 2.37. The highest BCUT2D eigenvalue weighted by molar-refractivity contribution is 7.80. The number of fused-ring (bicyclic) bond motifs is 1. The minimum Gasteiger partial charge on any atom is -0.482 e. The number of hydrogen-bond acceptors (Lipinski definition) is 4. The number of hydrogen-bond donors (Lipinski definition) is 1. The van der Waals surface area contributed by atoms with Crippen molar-refractivity contribution in [1.82, 2.24) is 0 Å². The van der Waals surface area contributed by atoms with E-state index in [2.05, 4.69) is 12.6 Å². The molecule has 0 N–H and O–H groups in total. The van der Waals surface area contributed by atoms with Crippen molar-refractivity contribution in [2.75, 3.05) is 37.0 Å². The van der Waals surface area contributed by atoms with E-state index in [1.165, 1.54) is 0 Å². The average molecular weight is 293 g/mol. The SMILES string of the molecule is O=C1COc2ccccc2N1CC1(CS)CCOCC1. The van der Waals surface area contributed by atoms with Gasteiger partial charge in [-0.05, 0) is 30.7 Å². The van der Waals surface area contributed by atoms with Crippen molar-refractivity contribution in [3.05, 3.63) is 24.3 Å². The van der Waals surface area contributed by atoms with Crippen LogP contribution in [0.5, 0.6) is 5.75 Å². The summed E-state index contributed by atoms with van der Waals surface area (Å²) < 4.78 is 10.9. The number of rotatable bonds is 3. The first-order valence-corrected chi connectivity index (χ1v) is 7.58. The van der Waals surface area contributed by atoms with Gasteiger partial charge in [0.05, 0.1) is 5.69 Å². The van der Waals surface area contributed by atoms with Crippen LogP contribution in [0.15, 0.2) is 24.3 Å². The average Bonchev–Trinajstić information content (AvgIpc) is 2.51. The number of ether oxygens (including phenoxy) is 2. The molecule has 4 nitrogen and oxygen atoms in total. The molecule has 1 saturated heterocycles. The van der Waals surface area contributed by atoms with Crippen molar-refractivity contribution < 1.29 is 14.3 Å². The van der Waals surface area contributed by atoms with Gasteiger partial charge in [-0.25, -0.2) is 0 Å². The van der Waals surface area contributed by atoms with Crippen LogP contribution in [-0.4, -0.2) is 38.0 Å². The Labute approximate surface area is 124 Å². The lowest BCUT2D eigenvalue weighted by Crippen LogP contribution is -2.48. The van der Waals surface area contributed by atoms with Gasteiger partial charge in [0.2, 0.25) is 0 Å². The van der Waals surface area contributed by atoms with E-state index >= 15 is 0 Å². The van der Waals surface area contributed by atoms with Gasteiger partial charge in [-0.15, -0.1) is 0 Å². The van der Waals surface area contributed by atoms with Crippen molar-refractivity contribution in [3.8, 4) is 5.75 Å². The molecule has 0 aromatic heterocycles. The van der Waals surface area contributed by atoms with Crippen molar-refractivity contribution in [2.24, 2.45) is 5.41 Å². The summed E-state index contributed by atoms with van der Waals surface area (Å²) in [6, 6.07) is 7.71. The summed E-state index contributed by atoms with van der Waals surface area (Å²) in [6.07, 6.45) is 1.90. The lowest BCUT2D eigenvalue weighted by Gasteiger charge is -2.41. The fourth-order valence-corrected chi connectivity index (χ4v) is 3.25. The van der Waals surface area contributed by atoms with E-state index in [0.717, 1.165) is 43.2 Å². The number of thiol groups is 1. The fraction of sp³-hybridized carbons (Fsp3) is 0.533. The van der Waals surface area contributed by atoms with Gasteiger partial charge in [0.25, 0.3) is 5.91 Å². The summed E-state index contributed by atoms with van der Waals surface area (Å²) in [5.74, 6) is 1.58. The smallest absolute Gasteiger partial charge is 0.265 e. The van der Waals surface area contributed by atoms with Crippen LogP contribution in [0.2, 0.25) is 0 Å². The first-order valence-electron chi connectivity index (χ1n) is 6.95. The zero-order valence-electron chi connectivity index (χ0n) is 11.4. The Kier molecular flexibility index (Phi) is 3.89. The molecule has 0 saturated carbocycles. The Morgan fingerprint density at radius 3 is 2.75 bits per heavy atom. The second-order valence-corrected chi connectivity index (χ2v) is 5.82. The summed E-state index contributed by atoms with van der Waals surface area (Å²) in [7, 11) is 0. The molecule has 5 heteroatoms. The molecule has 0 bridgehead atoms. The van der Waals surface area contributed by atoms with Crippen LogP contribution in [0.25, 0.3) is 0 Å². The molecule has 0 spiro atoms. The number of carbonyl (C=O) groups excluding carboxylic acids is 1. The molecule has 0 radical (unpaired) electrons. The van der Waals surface area contributed by atoms with Crippen LogP contribution in [0.4, 0.5) is 5.69 Å². The normalized spacial score (nSPS) is 21.2. The second kappa shape index (κ2) is 5.66. The number of anilines is 1. The number of nitrogens with zero attached hydrogens (tertiary/aromatic N) is 1. The standard InChI is InChI=1S/C15H19NO3S/c17-14-9-19-13-4-2-1-3-12(13)16(14)10-15(11-20)5-7-18-8-6-15/h1-4,20H,5-11H2. The number of amides is 1. The van der Waals surface area contributed by atoms with Gasteiger partial charge in [0.1, 0.15) is 5.75 Å². The Morgan fingerprint density at radius 2 is 2.00 bits per heavy atom. The minimum atomic E-state index is 0.0244. The van der Waals surface area contributed by atoms with E-state index in [-0.39, 0.29) is 17.9 Å². The molecule has 20 heavy (non-hydrogen) atoms. The first kappa shape index (κ1) is 13.8. The molecule has 1 fully saturated rings. The topological polar surface area (TPSA) is 38.8 Å². The van der Waals surface area contributed by atoms with E-state index in [9.17, 15) is 4.79 Å². The van der Waals surface area contributed by atoms with Gasteiger partial charge in [-0.3, -0.25) is 4.79 Å². The third kappa shape index (κ3) is 2.52. The zero-order valence-corrected chi connectivity index (χ0v) is 12.3. The lowest BCUT2D eigenvalue weighted by atomic mass is 9.81. The van der Waals surface area contributed by atoms with Crippen molar-refractivity contribution in [3.63, 3.8) is 0 Å². The summed E-state index contributed by atoms with van der Waals surface area (Å²) in [4.78, 5) is 14.1. The van der Waals surface area contributed by atoms with E-state index in [1.807, 2.05) is 29.2 Å². The van der Waals surface area contributed by atoms with Gasteiger partial charge in [-0.1, -0.05) is 12.1 Å². The minimum absolute atomic E-state index is 0.0244. The van der Waals surface area contributed by atoms with Crippen LogP contribution in [-0.2, 0) is 9.53 Å². The molecule has 2 heterocycles. The number of benzene rings is 1. The molecule has 1 aromatic carbocycles. The molecule has 2 aliphatic rings. The first-order chi connectivity index (χ1) is 9.74. The fourth-order valence-electron chi connectivity index (χ4n) is 2.83. The van der Waals surface area contributed by atoms with Crippen LogP contribution < -0.4 is 9.64 Å². The predicted octanol–water partition coefficient (Wildman–Crippen LogP) is 2.14.